The van der Waals surface area contributed by atoms with Gasteiger partial charge in [0.25, 0.3) is 0 Å². The third-order valence-corrected chi connectivity index (χ3v) is 5.50. The van der Waals surface area contributed by atoms with Gasteiger partial charge in [0.05, 0.1) is 0 Å². The molecular formula is C20H38N2O2. The second-order valence-electron chi connectivity index (χ2n) is 8.91. The average Bonchev–Trinajstić information content (AvgIpc) is 2.74. The molecule has 2 unspecified atom stereocenters. The van der Waals surface area contributed by atoms with Gasteiger partial charge in [-0.05, 0) is 72.1 Å². The molecule has 0 aromatic heterocycles. The van der Waals surface area contributed by atoms with E-state index in [-0.39, 0.29) is 12.1 Å². The van der Waals surface area contributed by atoms with Gasteiger partial charge >= 0.3 is 6.09 Å². The lowest BCUT2D eigenvalue weighted by Gasteiger charge is -2.35. The topological polar surface area (TPSA) is 50.4 Å². The van der Waals surface area contributed by atoms with Crippen LogP contribution in [0.25, 0.3) is 0 Å². The summed E-state index contributed by atoms with van der Waals surface area (Å²) in [7, 11) is 0. The van der Waals surface area contributed by atoms with Gasteiger partial charge in [0, 0.05) is 18.1 Å². The fraction of sp³-hybridized carbons (Fsp3) is 0.950. The van der Waals surface area contributed by atoms with Crippen LogP contribution in [0.2, 0.25) is 0 Å². The number of amides is 1. The largest absolute Gasteiger partial charge is 0.444 e. The Kier molecular flexibility index (Phi) is 7.39. The Morgan fingerprint density at radius 3 is 2.21 bits per heavy atom. The molecule has 0 aliphatic heterocycles. The molecule has 2 N–H and O–H groups in total. The third-order valence-electron chi connectivity index (χ3n) is 5.50. The second kappa shape index (κ2) is 9.07. The van der Waals surface area contributed by atoms with Crippen LogP contribution in [0.5, 0.6) is 0 Å². The van der Waals surface area contributed by atoms with Gasteiger partial charge < -0.3 is 15.4 Å². The molecule has 1 amide bonds. The highest BCUT2D eigenvalue weighted by molar-refractivity contribution is 5.68. The minimum atomic E-state index is -0.426. The zero-order valence-corrected chi connectivity index (χ0v) is 16.2. The van der Waals surface area contributed by atoms with E-state index in [2.05, 4.69) is 17.6 Å². The summed E-state index contributed by atoms with van der Waals surface area (Å²) in [5, 5.41) is 6.94. The molecular weight excluding hydrogens is 300 g/mol. The van der Waals surface area contributed by atoms with E-state index >= 15 is 0 Å². The number of nitrogens with one attached hydrogen (secondary N) is 2. The molecule has 2 aliphatic carbocycles. The Morgan fingerprint density at radius 1 is 0.958 bits per heavy atom. The monoisotopic (exact) mass is 338 g/mol. The standard InChI is InChI=1S/C20H38N2O2/c1-15(16-10-7-5-6-8-11-16)21-17-12-9-13-18(14-17)22-19(23)24-20(2,3)4/h15-18,21H,5-14H2,1-4H3,(H,22,23)/t15-,17?,18?/m0/s1. The van der Waals surface area contributed by atoms with Crippen LogP contribution >= 0.6 is 0 Å². The highest BCUT2D eigenvalue weighted by Gasteiger charge is 2.28. The van der Waals surface area contributed by atoms with Crippen LogP contribution in [0.1, 0.15) is 91.9 Å². The van der Waals surface area contributed by atoms with Crippen molar-refractivity contribution < 1.29 is 9.53 Å². The van der Waals surface area contributed by atoms with Gasteiger partial charge in [-0.1, -0.05) is 25.7 Å². The minimum Gasteiger partial charge on any atom is -0.444 e. The van der Waals surface area contributed by atoms with E-state index in [0.717, 1.165) is 18.8 Å². The molecule has 24 heavy (non-hydrogen) atoms. The molecule has 0 saturated heterocycles. The summed E-state index contributed by atoms with van der Waals surface area (Å²) in [5.41, 5.74) is -0.426. The van der Waals surface area contributed by atoms with Crippen molar-refractivity contribution in [3.05, 3.63) is 0 Å². The number of ether oxygens (including phenoxy) is 1. The first kappa shape index (κ1) is 19.6. The third kappa shape index (κ3) is 7.00. The molecule has 140 valence electrons. The van der Waals surface area contributed by atoms with Gasteiger partial charge in [0.2, 0.25) is 0 Å². The first-order valence-electron chi connectivity index (χ1n) is 10.1. The normalized spacial score (nSPS) is 28.0. The molecule has 3 atom stereocenters. The van der Waals surface area contributed by atoms with Crippen LogP contribution < -0.4 is 10.6 Å². The number of carbonyl (C=O) groups is 1. The lowest BCUT2D eigenvalue weighted by molar-refractivity contribution is 0.0487. The van der Waals surface area contributed by atoms with Gasteiger partial charge in [-0.15, -0.1) is 0 Å². The zero-order valence-electron chi connectivity index (χ0n) is 16.2. The van der Waals surface area contributed by atoms with E-state index in [4.69, 9.17) is 4.74 Å². The fourth-order valence-corrected chi connectivity index (χ4v) is 4.27. The Balaban J connectivity index is 1.76. The van der Waals surface area contributed by atoms with Crippen LogP contribution in [0, 0.1) is 5.92 Å². The van der Waals surface area contributed by atoms with Crippen LogP contribution in [0.15, 0.2) is 0 Å². The molecule has 2 saturated carbocycles. The molecule has 4 nitrogen and oxygen atoms in total. The molecule has 0 radical (unpaired) electrons. The number of alkyl carbamates (subject to hydrolysis) is 1. The molecule has 0 spiro atoms. The maximum Gasteiger partial charge on any atom is 0.407 e. The van der Waals surface area contributed by atoms with Crippen molar-refractivity contribution in [1.29, 1.82) is 0 Å². The van der Waals surface area contributed by atoms with Crippen LogP contribution in [-0.2, 0) is 4.74 Å². The van der Waals surface area contributed by atoms with E-state index in [1.165, 1.54) is 51.4 Å². The Morgan fingerprint density at radius 2 is 1.58 bits per heavy atom. The Hall–Kier alpha value is -0.770. The fourth-order valence-electron chi connectivity index (χ4n) is 4.27. The van der Waals surface area contributed by atoms with E-state index < -0.39 is 5.60 Å². The Bertz CT molecular complexity index is 384. The highest BCUT2D eigenvalue weighted by atomic mass is 16.6. The quantitative estimate of drug-likeness (QED) is 0.726. The predicted octanol–water partition coefficient (Wildman–Crippen LogP) is 4.77. The summed E-state index contributed by atoms with van der Waals surface area (Å²) in [6, 6.07) is 1.36. The van der Waals surface area contributed by atoms with E-state index in [0.29, 0.717) is 12.1 Å². The first-order valence-corrected chi connectivity index (χ1v) is 10.1. The molecule has 2 fully saturated rings. The predicted molar refractivity (Wildman–Crippen MR) is 99.2 cm³/mol. The van der Waals surface area contributed by atoms with E-state index in [1.807, 2.05) is 20.8 Å². The van der Waals surface area contributed by atoms with Crippen LogP contribution in [0.4, 0.5) is 4.79 Å². The highest BCUT2D eigenvalue weighted by Crippen LogP contribution is 2.27. The van der Waals surface area contributed by atoms with Gasteiger partial charge in [0.1, 0.15) is 5.60 Å². The van der Waals surface area contributed by atoms with Crippen molar-refractivity contribution in [2.45, 2.75) is 116 Å². The smallest absolute Gasteiger partial charge is 0.407 e. The minimum absolute atomic E-state index is 0.243. The van der Waals surface area contributed by atoms with Crippen molar-refractivity contribution in [2.75, 3.05) is 0 Å². The number of rotatable bonds is 4. The van der Waals surface area contributed by atoms with E-state index in [9.17, 15) is 4.79 Å². The van der Waals surface area contributed by atoms with E-state index in [1.54, 1.807) is 0 Å². The zero-order chi connectivity index (χ0) is 17.6. The second-order valence-corrected chi connectivity index (χ2v) is 8.91. The SMILES string of the molecule is C[C@H](NC1CCCC(NC(=O)OC(C)(C)C)C1)C1CCCCCC1. The summed E-state index contributed by atoms with van der Waals surface area (Å²) >= 11 is 0. The Labute approximate surface area is 148 Å². The number of carbonyl (C=O) groups excluding carboxylic acids is 1. The summed E-state index contributed by atoms with van der Waals surface area (Å²) in [4.78, 5) is 12.0. The van der Waals surface area contributed by atoms with Crippen molar-refractivity contribution in [3.8, 4) is 0 Å². The molecule has 2 aliphatic rings. The van der Waals surface area contributed by atoms with Crippen molar-refractivity contribution in [3.63, 3.8) is 0 Å². The molecule has 0 aromatic rings. The number of hydrogen-bond donors (Lipinski definition) is 2. The first-order chi connectivity index (χ1) is 11.3. The van der Waals surface area contributed by atoms with Gasteiger partial charge in [-0.2, -0.15) is 0 Å². The van der Waals surface area contributed by atoms with Gasteiger partial charge in [0.15, 0.2) is 0 Å². The molecule has 0 bridgehead atoms. The number of hydrogen-bond acceptors (Lipinski definition) is 3. The summed E-state index contributed by atoms with van der Waals surface area (Å²) in [6.45, 7) is 8.09. The maximum absolute atomic E-state index is 12.0. The average molecular weight is 339 g/mol. The molecule has 0 heterocycles. The van der Waals surface area contributed by atoms with Gasteiger partial charge in [-0.25, -0.2) is 4.79 Å². The molecule has 2 rings (SSSR count). The van der Waals surface area contributed by atoms with Crippen LogP contribution in [-0.4, -0.2) is 29.8 Å². The molecule has 0 aromatic carbocycles. The summed E-state index contributed by atoms with van der Waals surface area (Å²) in [6.07, 6.45) is 12.6. The molecule has 4 heteroatoms. The maximum atomic E-state index is 12.0. The lowest BCUT2D eigenvalue weighted by Crippen LogP contribution is -2.48. The summed E-state index contributed by atoms with van der Waals surface area (Å²) < 4.78 is 5.40. The van der Waals surface area contributed by atoms with Crippen molar-refractivity contribution in [1.82, 2.24) is 10.6 Å². The summed E-state index contributed by atoms with van der Waals surface area (Å²) in [5.74, 6) is 0.826. The lowest BCUT2D eigenvalue weighted by atomic mass is 9.88. The van der Waals surface area contributed by atoms with Crippen LogP contribution in [0.3, 0.4) is 0 Å². The van der Waals surface area contributed by atoms with Gasteiger partial charge in [-0.3, -0.25) is 0 Å². The van der Waals surface area contributed by atoms with Crippen molar-refractivity contribution >= 4 is 6.09 Å². The van der Waals surface area contributed by atoms with Crippen molar-refractivity contribution in [2.24, 2.45) is 5.92 Å².